The lowest BCUT2D eigenvalue weighted by atomic mass is 10.2. The highest BCUT2D eigenvalue weighted by Gasteiger charge is 2.25. The lowest BCUT2D eigenvalue weighted by molar-refractivity contribution is 0.409. The number of fused-ring (bicyclic) bond motifs is 1. The van der Waals surface area contributed by atoms with Crippen LogP contribution in [0.5, 0.6) is 5.75 Å². The monoisotopic (exact) mass is 190 g/mol. The molecule has 1 atom stereocenters. The molecule has 1 unspecified atom stereocenters. The Morgan fingerprint density at radius 1 is 1.71 bits per heavy atom. The first-order valence-electron chi connectivity index (χ1n) is 4.42. The van der Waals surface area contributed by atoms with E-state index in [1.807, 2.05) is 6.07 Å². The number of pyridine rings is 1. The van der Waals surface area contributed by atoms with Gasteiger partial charge >= 0.3 is 0 Å². The van der Waals surface area contributed by atoms with E-state index in [2.05, 4.69) is 15.0 Å². The standard InChI is InChI=1S/C9H10N4O/c1-14-8-4-5-11-9-6(8)2-3-7(9)12-13-10/h4-5,7H,2-3H2,1H3. The molecule has 0 fully saturated rings. The third-order valence-electron chi connectivity index (χ3n) is 2.44. The predicted molar refractivity (Wildman–Crippen MR) is 51.0 cm³/mol. The van der Waals surface area contributed by atoms with Crippen molar-refractivity contribution in [1.82, 2.24) is 4.98 Å². The maximum absolute atomic E-state index is 8.38. The summed E-state index contributed by atoms with van der Waals surface area (Å²) in [6.07, 6.45) is 3.38. The highest BCUT2D eigenvalue weighted by molar-refractivity contribution is 5.40. The van der Waals surface area contributed by atoms with E-state index < -0.39 is 0 Å². The molecular weight excluding hydrogens is 180 g/mol. The number of nitrogens with zero attached hydrogens (tertiary/aromatic N) is 4. The van der Waals surface area contributed by atoms with E-state index in [0.717, 1.165) is 29.8 Å². The smallest absolute Gasteiger partial charge is 0.125 e. The van der Waals surface area contributed by atoms with Crippen molar-refractivity contribution in [2.24, 2.45) is 5.11 Å². The molecule has 0 aliphatic heterocycles. The predicted octanol–water partition coefficient (Wildman–Crippen LogP) is 2.39. The van der Waals surface area contributed by atoms with Crippen LogP contribution in [0.25, 0.3) is 10.4 Å². The zero-order chi connectivity index (χ0) is 9.97. The zero-order valence-corrected chi connectivity index (χ0v) is 7.84. The lowest BCUT2D eigenvalue weighted by Gasteiger charge is -2.06. The fraction of sp³-hybridized carbons (Fsp3) is 0.444. The summed E-state index contributed by atoms with van der Waals surface area (Å²) >= 11 is 0. The van der Waals surface area contributed by atoms with Crippen molar-refractivity contribution >= 4 is 0 Å². The molecule has 1 aliphatic carbocycles. The van der Waals surface area contributed by atoms with Crippen LogP contribution in [-0.2, 0) is 6.42 Å². The molecule has 0 radical (unpaired) electrons. The van der Waals surface area contributed by atoms with Gasteiger partial charge < -0.3 is 4.74 Å². The summed E-state index contributed by atoms with van der Waals surface area (Å²) in [4.78, 5) is 7.04. The number of methoxy groups -OCH3 is 1. The van der Waals surface area contributed by atoms with Gasteiger partial charge in [0.1, 0.15) is 5.75 Å². The third kappa shape index (κ3) is 1.28. The van der Waals surface area contributed by atoms with E-state index in [9.17, 15) is 0 Å². The average molecular weight is 190 g/mol. The van der Waals surface area contributed by atoms with Crippen molar-refractivity contribution in [1.29, 1.82) is 0 Å². The second-order valence-electron chi connectivity index (χ2n) is 3.14. The van der Waals surface area contributed by atoms with Crippen LogP contribution in [0.2, 0.25) is 0 Å². The molecule has 5 nitrogen and oxygen atoms in total. The Morgan fingerprint density at radius 3 is 3.29 bits per heavy atom. The Hall–Kier alpha value is -1.74. The van der Waals surface area contributed by atoms with E-state index >= 15 is 0 Å². The van der Waals surface area contributed by atoms with Gasteiger partial charge in [0, 0.05) is 16.7 Å². The highest BCUT2D eigenvalue weighted by Crippen LogP contribution is 2.37. The third-order valence-corrected chi connectivity index (χ3v) is 2.44. The minimum atomic E-state index is -0.120. The first-order chi connectivity index (χ1) is 6.86. The zero-order valence-electron chi connectivity index (χ0n) is 7.84. The number of hydrogen-bond acceptors (Lipinski definition) is 3. The van der Waals surface area contributed by atoms with Gasteiger partial charge in [0.25, 0.3) is 0 Å². The second kappa shape index (κ2) is 3.55. The average Bonchev–Trinajstić information content (AvgIpc) is 2.62. The Morgan fingerprint density at radius 2 is 2.57 bits per heavy atom. The van der Waals surface area contributed by atoms with Gasteiger partial charge in [-0.1, -0.05) is 5.11 Å². The molecule has 0 amide bonds. The first kappa shape index (κ1) is 8.84. The van der Waals surface area contributed by atoms with Gasteiger partial charge in [0.2, 0.25) is 0 Å². The molecule has 2 rings (SSSR count). The number of hydrogen-bond donors (Lipinski definition) is 0. The largest absolute Gasteiger partial charge is 0.496 e. The van der Waals surface area contributed by atoms with E-state index in [4.69, 9.17) is 10.3 Å². The molecule has 0 saturated carbocycles. The Labute approximate surface area is 81.4 Å². The molecule has 1 aromatic rings. The van der Waals surface area contributed by atoms with Crippen LogP contribution in [0.1, 0.15) is 23.7 Å². The summed E-state index contributed by atoms with van der Waals surface area (Å²) in [5.41, 5.74) is 10.3. The molecule has 5 heteroatoms. The number of aromatic nitrogens is 1. The van der Waals surface area contributed by atoms with Gasteiger partial charge in [-0.2, -0.15) is 0 Å². The molecule has 0 N–H and O–H groups in total. The van der Waals surface area contributed by atoms with Crippen molar-refractivity contribution < 1.29 is 4.74 Å². The van der Waals surface area contributed by atoms with Crippen LogP contribution in [-0.4, -0.2) is 12.1 Å². The van der Waals surface area contributed by atoms with Gasteiger partial charge in [0.15, 0.2) is 0 Å². The minimum Gasteiger partial charge on any atom is -0.496 e. The van der Waals surface area contributed by atoms with Crippen molar-refractivity contribution in [2.45, 2.75) is 18.9 Å². The van der Waals surface area contributed by atoms with Crippen molar-refractivity contribution in [3.05, 3.63) is 34.0 Å². The molecular formula is C9H10N4O. The number of azide groups is 1. The fourth-order valence-electron chi connectivity index (χ4n) is 1.81. The quantitative estimate of drug-likeness (QED) is 0.408. The molecule has 0 spiro atoms. The molecule has 14 heavy (non-hydrogen) atoms. The summed E-state index contributed by atoms with van der Waals surface area (Å²) in [5, 5.41) is 3.70. The molecule has 1 heterocycles. The molecule has 0 saturated heterocycles. The topological polar surface area (TPSA) is 70.9 Å². The van der Waals surface area contributed by atoms with Gasteiger partial charge in [-0.05, 0) is 24.4 Å². The van der Waals surface area contributed by atoms with Crippen molar-refractivity contribution in [3.8, 4) is 5.75 Å². The molecule has 0 aromatic carbocycles. The van der Waals surface area contributed by atoms with Crippen LogP contribution in [0, 0.1) is 0 Å². The Balaban J connectivity index is 2.46. The Bertz CT molecular complexity index is 398. The van der Waals surface area contributed by atoms with Crippen LogP contribution < -0.4 is 4.74 Å². The van der Waals surface area contributed by atoms with E-state index in [1.165, 1.54) is 0 Å². The van der Waals surface area contributed by atoms with Gasteiger partial charge in [-0.3, -0.25) is 4.98 Å². The van der Waals surface area contributed by atoms with Crippen LogP contribution in [0.4, 0.5) is 0 Å². The lowest BCUT2D eigenvalue weighted by Crippen LogP contribution is -1.95. The fourth-order valence-corrected chi connectivity index (χ4v) is 1.81. The number of ether oxygens (including phenoxy) is 1. The van der Waals surface area contributed by atoms with Crippen molar-refractivity contribution in [2.75, 3.05) is 7.11 Å². The second-order valence-corrected chi connectivity index (χ2v) is 3.14. The summed E-state index contributed by atoms with van der Waals surface area (Å²) < 4.78 is 5.21. The van der Waals surface area contributed by atoms with E-state index in [-0.39, 0.29) is 6.04 Å². The summed E-state index contributed by atoms with van der Waals surface area (Å²) in [7, 11) is 1.64. The summed E-state index contributed by atoms with van der Waals surface area (Å²) in [5.74, 6) is 0.839. The molecule has 1 aromatic heterocycles. The normalized spacial score (nSPS) is 18.5. The van der Waals surface area contributed by atoms with Crippen molar-refractivity contribution in [3.63, 3.8) is 0 Å². The van der Waals surface area contributed by atoms with Crippen LogP contribution >= 0.6 is 0 Å². The van der Waals surface area contributed by atoms with Gasteiger partial charge in [0.05, 0.1) is 18.8 Å². The summed E-state index contributed by atoms with van der Waals surface area (Å²) in [6, 6.07) is 1.71. The van der Waals surface area contributed by atoms with Gasteiger partial charge in [-0.15, -0.1) is 0 Å². The minimum absolute atomic E-state index is 0.120. The molecule has 0 bridgehead atoms. The van der Waals surface area contributed by atoms with E-state index in [1.54, 1.807) is 13.3 Å². The maximum Gasteiger partial charge on any atom is 0.125 e. The molecule has 72 valence electrons. The van der Waals surface area contributed by atoms with Crippen LogP contribution in [0.3, 0.4) is 0 Å². The number of rotatable bonds is 2. The highest BCUT2D eigenvalue weighted by atomic mass is 16.5. The van der Waals surface area contributed by atoms with Crippen LogP contribution in [0.15, 0.2) is 17.4 Å². The SMILES string of the molecule is COc1ccnc2c1CCC2N=[N+]=[N-]. The van der Waals surface area contributed by atoms with E-state index in [0.29, 0.717) is 0 Å². The van der Waals surface area contributed by atoms with Gasteiger partial charge in [-0.25, -0.2) is 0 Å². The summed E-state index contributed by atoms with van der Waals surface area (Å²) in [6.45, 7) is 0. The Kier molecular flexibility index (Phi) is 2.24. The molecule has 1 aliphatic rings. The maximum atomic E-state index is 8.38. The first-order valence-corrected chi connectivity index (χ1v) is 4.42.